The Labute approximate surface area is 84.2 Å². The first kappa shape index (κ1) is 11.0. The molecule has 0 saturated carbocycles. The Balaban J connectivity index is 2.30. The molecule has 1 heterocycles. The van der Waals surface area contributed by atoms with Crippen molar-refractivity contribution in [3.63, 3.8) is 0 Å². The summed E-state index contributed by atoms with van der Waals surface area (Å²) in [5.74, 6) is -0.202. The highest BCUT2D eigenvalue weighted by atomic mass is 16.6. The van der Waals surface area contributed by atoms with E-state index in [1.807, 2.05) is 0 Å². The van der Waals surface area contributed by atoms with Gasteiger partial charge in [0.25, 0.3) is 5.91 Å². The van der Waals surface area contributed by atoms with E-state index in [2.05, 4.69) is 6.92 Å². The highest BCUT2D eigenvalue weighted by Crippen LogP contribution is 2.13. The van der Waals surface area contributed by atoms with Crippen LogP contribution in [0.15, 0.2) is 0 Å². The molecule has 0 spiro atoms. The average molecular weight is 199 g/mol. The van der Waals surface area contributed by atoms with Crippen molar-refractivity contribution in [1.82, 2.24) is 4.90 Å². The van der Waals surface area contributed by atoms with Crippen molar-refractivity contribution in [3.05, 3.63) is 0 Å². The van der Waals surface area contributed by atoms with E-state index in [1.165, 1.54) is 4.90 Å². The molecule has 1 aliphatic rings. The third-order valence-electron chi connectivity index (χ3n) is 2.35. The molecule has 1 rings (SSSR count). The molecule has 0 aliphatic carbocycles. The number of nitrogens with zero attached hydrogens (tertiary/aromatic N) is 1. The molecule has 0 N–H and O–H groups in total. The molecule has 1 fully saturated rings. The number of hydrogen-bond acceptors (Lipinski definition) is 3. The average Bonchev–Trinajstić information content (AvgIpc) is 2.38. The van der Waals surface area contributed by atoms with Crippen molar-refractivity contribution in [2.24, 2.45) is 0 Å². The fraction of sp³-hybridized carbons (Fsp3) is 0.800. The maximum atomic E-state index is 11.4. The second-order valence-electron chi connectivity index (χ2n) is 3.58. The molecular weight excluding hydrogens is 182 g/mol. The van der Waals surface area contributed by atoms with Crippen LogP contribution in [-0.2, 0) is 9.53 Å². The predicted molar refractivity (Wildman–Crippen MR) is 51.8 cm³/mol. The number of carbonyl (C=O) groups is 2. The molecule has 1 saturated heterocycles. The highest BCUT2D eigenvalue weighted by molar-refractivity contribution is 5.99. The Hall–Kier alpha value is -1.06. The molecule has 1 aliphatic heterocycles. The van der Waals surface area contributed by atoms with Crippen molar-refractivity contribution >= 4 is 12.0 Å². The van der Waals surface area contributed by atoms with Crippen molar-refractivity contribution < 1.29 is 14.3 Å². The van der Waals surface area contributed by atoms with E-state index in [-0.39, 0.29) is 5.91 Å². The van der Waals surface area contributed by atoms with Gasteiger partial charge in [-0.15, -0.1) is 0 Å². The molecule has 0 radical (unpaired) electrons. The van der Waals surface area contributed by atoms with Crippen molar-refractivity contribution in [3.8, 4) is 0 Å². The Morgan fingerprint density at radius 3 is 2.50 bits per heavy atom. The van der Waals surface area contributed by atoms with Crippen LogP contribution in [0.4, 0.5) is 4.79 Å². The van der Waals surface area contributed by atoms with E-state index in [9.17, 15) is 9.59 Å². The summed E-state index contributed by atoms with van der Waals surface area (Å²) in [7, 11) is 0. The monoisotopic (exact) mass is 199 g/mol. The summed E-state index contributed by atoms with van der Waals surface area (Å²) < 4.78 is 4.78. The standard InChI is InChI=1S/C10H17NO3/c1-3-4-5-6-7-11-9(12)8(2)14-10(11)13/h8H,3-7H2,1-2H3. The third-order valence-corrected chi connectivity index (χ3v) is 2.35. The zero-order chi connectivity index (χ0) is 10.6. The zero-order valence-electron chi connectivity index (χ0n) is 8.78. The third kappa shape index (κ3) is 2.47. The summed E-state index contributed by atoms with van der Waals surface area (Å²) in [6.45, 7) is 4.23. The van der Waals surface area contributed by atoms with Gasteiger partial charge in [-0.1, -0.05) is 26.2 Å². The smallest absolute Gasteiger partial charge is 0.417 e. The van der Waals surface area contributed by atoms with Crippen LogP contribution >= 0.6 is 0 Å². The van der Waals surface area contributed by atoms with E-state index in [0.717, 1.165) is 25.7 Å². The summed E-state index contributed by atoms with van der Waals surface area (Å²) in [6.07, 6.45) is 3.15. The minimum absolute atomic E-state index is 0.202. The predicted octanol–water partition coefficient (Wildman–Crippen LogP) is 1.93. The van der Waals surface area contributed by atoms with Crippen LogP contribution in [0, 0.1) is 0 Å². The quantitative estimate of drug-likeness (QED) is 0.635. The van der Waals surface area contributed by atoms with Gasteiger partial charge in [-0.05, 0) is 13.3 Å². The molecule has 0 aromatic heterocycles. The van der Waals surface area contributed by atoms with Crippen molar-refractivity contribution in [1.29, 1.82) is 0 Å². The van der Waals surface area contributed by atoms with Gasteiger partial charge in [-0.3, -0.25) is 4.79 Å². The number of hydrogen-bond donors (Lipinski definition) is 0. The highest BCUT2D eigenvalue weighted by Gasteiger charge is 2.36. The normalized spacial score (nSPS) is 21.6. The Morgan fingerprint density at radius 1 is 1.29 bits per heavy atom. The molecule has 0 aromatic carbocycles. The summed E-state index contributed by atoms with van der Waals surface area (Å²) in [5.41, 5.74) is 0. The van der Waals surface area contributed by atoms with Crippen LogP contribution in [0.25, 0.3) is 0 Å². The lowest BCUT2D eigenvalue weighted by Gasteiger charge is -2.09. The minimum atomic E-state index is -0.589. The number of imide groups is 1. The number of rotatable bonds is 5. The Bertz CT molecular complexity index is 227. The minimum Gasteiger partial charge on any atom is -0.436 e. The summed E-state index contributed by atoms with van der Waals surface area (Å²) in [6, 6.07) is 0. The van der Waals surface area contributed by atoms with Gasteiger partial charge in [-0.25, -0.2) is 9.69 Å². The van der Waals surface area contributed by atoms with Gasteiger partial charge in [0.2, 0.25) is 0 Å². The first-order chi connectivity index (χ1) is 6.66. The van der Waals surface area contributed by atoms with Crippen molar-refractivity contribution in [2.75, 3.05) is 6.54 Å². The summed E-state index contributed by atoms with van der Waals surface area (Å²) in [4.78, 5) is 23.7. The molecule has 0 aromatic rings. The summed E-state index contributed by atoms with van der Waals surface area (Å²) >= 11 is 0. The molecule has 14 heavy (non-hydrogen) atoms. The zero-order valence-corrected chi connectivity index (χ0v) is 8.78. The largest absolute Gasteiger partial charge is 0.436 e. The molecule has 2 amide bonds. The van der Waals surface area contributed by atoms with Crippen LogP contribution in [0.5, 0.6) is 0 Å². The van der Waals surface area contributed by atoms with Crippen molar-refractivity contribution in [2.45, 2.75) is 45.6 Å². The van der Waals surface area contributed by atoms with E-state index in [4.69, 9.17) is 4.74 Å². The lowest BCUT2D eigenvalue weighted by molar-refractivity contribution is -0.129. The van der Waals surface area contributed by atoms with Gasteiger partial charge >= 0.3 is 6.09 Å². The van der Waals surface area contributed by atoms with Gasteiger partial charge in [0.15, 0.2) is 6.10 Å². The molecule has 4 heteroatoms. The van der Waals surface area contributed by atoms with Crippen LogP contribution in [0.2, 0.25) is 0 Å². The SMILES string of the molecule is CCCCCCN1C(=O)OC(C)C1=O. The number of amides is 2. The van der Waals surface area contributed by atoms with Crippen LogP contribution in [0.3, 0.4) is 0 Å². The second kappa shape index (κ2) is 4.98. The number of ether oxygens (including phenoxy) is 1. The number of cyclic esters (lactones) is 1. The van der Waals surface area contributed by atoms with Gasteiger partial charge < -0.3 is 4.74 Å². The molecule has 4 nitrogen and oxygen atoms in total. The topological polar surface area (TPSA) is 46.6 Å². The van der Waals surface area contributed by atoms with E-state index in [1.54, 1.807) is 6.92 Å². The van der Waals surface area contributed by atoms with Gasteiger partial charge in [0.05, 0.1) is 0 Å². The fourth-order valence-corrected chi connectivity index (χ4v) is 1.47. The number of unbranched alkanes of at least 4 members (excludes halogenated alkanes) is 3. The van der Waals surface area contributed by atoms with Crippen LogP contribution in [0.1, 0.15) is 39.5 Å². The van der Waals surface area contributed by atoms with Gasteiger partial charge in [0, 0.05) is 6.54 Å². The molecule has 0 bridgehead atoms. The lowest BCUT2D eigenvalue weighted by Crippen LogP contribution is -2.31. The lowest BCUT2D eigenvalue weighted by atomic mass is 10.2. The maximum absolute atomic E-state index is 11.4. The first-order valence-electron chi connectivity index (χ1n) is 5.18. The molecule has 1 unspecified atom stereocenters. The van der Waals surface area contributed by atoms with Gasteiger partial charge in [0.1, 0.15) is 0 Å². The molecule has 1 atom stereocenters. The Morgan fingerprint density at radius 2 is 2.00 bits per heavy atom. The van der Waals surface area contributed by atoms with E-state index < -0.39 is 12.2 Å². The molecule has 80 valence electrons. The second-order valence-corrected chi connectivity index (χ2v) is 3.58. The van der Waals surface area contributed by atoms with Crippen LogP contribution in [-0.4, -0.2) is 29.5 Å². The summed E-state index contributed by atoms with van der Waals surface area (Å²) in [5, 5.41) is 0. The van der Waals surface area contributed by atoms with Gasteiger partial charge in [-0.2, -0.15) is 0 Å². The van der Waals surface area contributed by atoms with E-state index >= 15 is 0 Å². The fourth-order valence-electron chi connectivity index (χ4n) is 1.47. The molecular formula is C10H17NO3. The number of carbonyl (C=O) groups excluding carboxylic acids is 2. The maximum Gasteiger partial charge on any atom is 0.417 e. The first-order valence-corrected chi connectivity index (χ1v) is 5.18. The van der Waals surface area contributed by atoms with E-state index in [0.29, 0.717) is 6.54 Å². The Kier molecular flexibility index (Phi) is 3.92. The van der Waals surface area contributed by atoms with Crippen LogP contribution < -0.4 is 0 Å².